The highest BCUT2D eigenvalue weighted by atomic mass is 35.5. The highest BCUT2D eigenvalue weighted by Gasteiger charge is 2.24. The van der Waals surface area contributed by atoms with E-state index in [1.165, 1.54) is 6.92 Å². The van der Waals surface area contributed by atoms with Crippen molar-refractivity contribution < 1.29 is 14.3 Å². The van der Waals surface area contributed by atoms with Crippen LogP contribution < -0.4 is 10.1 Å². The first-order valence-corrected chi connectivity index (χ1v) is 12.1. The molecule has 0 aliphatic heterocycles. The molecular weight excluding hydrogens is 474 g/mol. The molecule has 0 bridgehead atoms. The number of nitrogens with zero attached hydrogens (tertiary/aromatic N) is 2. The van der Waals surface area contributed by atoms with Crippen LogP contribution >= 0.6 is 11.6 Å². The van der Waals surface area contributed by atoms with E-state index in [-0.39, 0.29) is 5.91 Å². The molecule has 184 valence electrons. The van der Waals surface area contributed by atoms with Gasteiger partial charge in [0.2, 0.25) is 5.88 Å². The number of rotatable bonds is 7. The Balaban J connectivity index is 1.74. The van der Waals surface area contributed by atoms with Crippen molar-refractivity contribution >= 4 is 29.2 Å². The number of hydrogen-bond donors (Lipinski definition) is 1. The van der Waals surface area contributed by atoms with Crippen LogP contribution in [0.2, 0.25) is 5.02 Å². The molecule has 4 rings (SSSR count). The standard InChI is InChI=1S/C29H28ClN3O3/c1-18(2)15-26-27(29(36-20(4)34)33(32-26)25-10-5-7-19(3)16-25)21-11-13-24(14-12-21)31-28(35)22-8-6-9-23(30)17-22/h5-14,16-18H,15H2,1-4H3,(H,31,35). The monoisotopic (exact) mass is 501 g/mol. The van der Waals surface area contributed by atoms with Gasteiger partial charge in [0, 0.05) is 23.2 Å². The largest absolute Gasteiger partial charge is 0.407 e. The summed E-state index contributed by atoms with van der Waals surface area (Å²) >= 11 is 6.01. The third kappa shape index (κ3) is 5.83. The van der Waals surface area contributed by atoms with Gasteiger partial charge in [-0.3, -0.25) is 9.59 Å². The molecule has 1 amide bonds. The van der Waals surface area contributed by atoms with Gasteiger partial charge in [0.05, 0.1) is 16.9 Å². The minimum atomic E-state index is -0.424. The Kier molecular flexibility index (Phi) is 7.55. The van der Waals surface area contributed by atoms with E-state index in [4.69, 9.17) is 21.4 Å². The maximum Gasteiger partial charge on any atom is 0.309 e. The summed E-state index contributed by atoms with van der Waals surface area (Å²) in [4.78, 5) is 24.7. The molecule has 7 heteroatoms. The highest BCUT2D eigenvalue weighted by Crippen LogP contribution is 2.37. The van der Waals surface area contributed by atoms with E-state index in [2.05, 4.69) is 19.2 Å². The molecule has 6 nitrogen and oxygen atoms in total. The van der Waals surface area contributed by atoms with Crippen molar-refractivity contribution in [2.75, 3.05) is 5.32 Å². The van der Waals surface area contributed by atoms with Gasteiger partial charge in [-0.25, -0.2) is 0 Å². The number of benzene rings is 3. The van der Waals surface area contributed by atoms with Gasteiger partial charge in [-0.15, -0.1) is 0 Å². The molecule has 1 aromatic heterocycles. The maximum absolute atomic E-state index is 12.6. The van der Waals surface area contributed by atoms with Crippen LogP contribution in [0.5, 0.6) is 5.88 Å². The van der Waals surface area contributed by atoms with Crippen molar-refractivity contribution in [3.05, 3.63) is 94.6 Å². The van der Waals surface area contributed by atoms with Gasteiger partial charge in [0.25, 0.3) is 5.91 Å². The van der Waals surface area contributed by atoms with Crippen molar-refractivity contribution in [3.63, 3.8) is 0 Å². The Morgan fingerprint density at radius 1 is 1.03 bits per heavy atom. The molecule has 0 atom stereocenters. The second kappa shape index (κ2) is 10.8. The number of halogens is 1. The maximum atomic E-state index is 12.6. The van der Waals surface area contributed by atoms with Crippen molar-refractivity contribution in [3.8, 4) is 22.7 Å². The third-order valence-corrected chi connectivity index (χ3v) is 5.76. The molecule has 3 aromatic carbocycles. The molecule has 0 spiro atoms. The quantitative estimate of drug-likeness (QED) is 0.280. The molecule has 36 heavy (non-hydrogen) atoms. The molecule has 0 saturated carbocycles. The predicted octanol–water partition coefficient (Wildman–Crippen LogP) is 6.88. The van der Waals surface area contributed by atoms with E-state index >= 15 is 0 Å². The smallest absolute Gasteiger partial charge is 0.309 e. The average molecular weight is 502 g/mol. The molecule has 0 aliphatic rings. The van der Waals surface area contributed by atoms with E-state index in [1.54, 1.807) is 28.9 Å². The lowest BCUT2D eigenvalue weighted by Crippen LogP contribution is -2.11. The summed E-state index contributed by atoms with van der Waals surface area (Å²) < 4.78 is 7.42. The zero-order valence-electron chi connectivity index (χ0n) is 20.7. The highest BCUT2D eigenvalue weighted by molar-refractivity contribution is 6.31. The summed E-state index contributed by atoms with van der Waals surface area (Å²) in [6, 6.07) is 22.1. The van der Waals surface area contributed by atoms with Crippen LogP contribution in [0.4, 0.5) is 5.69 Å². The second-order valence-corrected chi connectivity index (χ2v) is 9.55. The summed E-state index contributed by atoms with van der Waals surface area (Å²) in [7, 11) is 0. The lowest BCUT2D eigenvalue weighted by atomic mass is 9.99. The number of esters is 1. The fourth-order valence-electron chi connectivity index (χ4n) is 3.98. The van der Waals surface area contributed by atoms with Gasteiger partial charge in [0.15, 0.2) is 0 Å². The normalized spacial score (nSPS) is 10.9. The van der Waals surface area contributed by atoms with E-state index < -0.39 is 5.97 Å². The SMILES string of the molecule is CC(=O)Oc1c(-c2ccc(NC(=O)c3cccc(Cl)c3)cc2)c(CC(C)C)nn1-c1cccc(C)c1. The minimum Gasteiger partial charge on any atom is -0.407 e. The number of hydrogen-bond acceptors (Lipinski definition) is 4. The van der Waals surface area contributed by atoms with Gasteiger partial charge >= 0.3 is 5.97 Å². The van der Waals surface area contributed by atoms with Gasteiger partial charge in [-0.1, -0.05) is 55.8 Å². The van der Waals surface area contributed by atoms with Crippen molar-refractivity contribution in [2.24, 2.45) is 5.92 Å². The molecule has 1 heterocycles. The number of carbonyl (C=O) groups excluding carboxylic acids is 2. The molecule has 4 aromatic rings. The molecule has 0 unspecified atom stereocenters. The van der Waals surface area contributed by atoms with Crippen LogP contribution in [0.3, 0.4) is 0 Å². The fraction of sp³-hybridized carbons (Fsp3) is 0.207. The topological polar surface area (TPSA) is 73.2 Å². The lowest BCUT2D eigenvalue weighted by Gasteiger charge is -2.11. The molecule has 0 aliphatic carbocycles. The molecule has 1 N–H and O–H groups in total. The van der Waals surface area contributed by atoms with Crippen molar-refractivity contribution in [2.45, 2.75) is 34.1 Å². The van der Waals surface area contributed by atoms with Crippen LogP contribution in [0.25, 0.3) is 16.8 Å². The Labute approximate surface area is 215 Å². The van der Waals surface area contributed by atoms with Gasteiger partial charge < -0.3 is 10.1 Å². The Bertz CT molecular complexity index is 1410. The second-order valence-electron chi connectivity index (χ2n) is 9.11. The number of aromatic nitrogens is 2. The number of amides is 1. The summed E-state index contributed by atoms with van der Waals surface area (Å²) in [6.07, 6.45) is 0.704. The van der Waals surface area contributed by atoms with Crippen molar-refractivity contribution in [1.82, 2.24) is 9.78 Å². The van der Waals surface area contributed by atoms with E-state index in [1.807, 2.05) is 55.5 Å². The van der Waals surface area contributed by atoms with E-state index in [0.29, 0.717) is 34.5 Å². The fourth-order valence-corrected chi connectivity index (χ4v) is 4.17. The Hall–Kier alpha value is -3.90. The van der Waals surface area contributed by atoms with Crippen molar-refractivity contribution in [1.29, 1.82) is 0 Å². The number of aryl methyl sites for hydroxylation is 1. The number of ether oxygens (including phenoxy) is 1. The van der Waals surface area contributed by atoms with E-state index in [9.17, 15) is 9.59 Å². The summed E-state index contributed by atoms with van der Waals surface area (Å²) in [5.74, 6) is 0.0377. The minimum absolute atomic E-state index is 0.251. The first kappa shape index (κ1) is 25.2. The predicted molar refractivity (Wildman–Crippen MR) is 143 cm³/mol. The van der Waals surface area contributed by atoms with Crippen LogP contribution in [0, 0.1) is 12.8 Å². The average Bonchev–Trinajstić information content (AvgIpc) is 3.16. The van der Waals surface area contributed by atoms with Crippen LogP contribution in [-0.2, 0) is 11.2 Å². The molecule has 0 fully saturated rings. The van der Waals surface area contributed by atoms with Gasteiger partial charge in [-0.2, -0.15) is 9.78 Å². The molecule has 0 saturated heterocycles. The van der Waals surface area contributed by atoms with Crippen LogP contribution in [-0.4, -0.2) is 21.7 Å². The first-order valence-electron chi connectivity index (χ1n) is 11.8. The number of anilines is 1. The first-order chi connectivity index (χ1) is 17.2. The van der Waals surface area contributed by atoms with E-state index in [0.717, 1.165) is 28.1 Å². The van der Waals surface area contributed by atoms with Crippen LogP contribution in [0.1, 0.15) is 42.4 Å². The zero-order valence-corrected chi connectivity index (χ0v) is 21.5. The van der Waals surface area contributed by atoms with Crippen LogP contribution in [0.15, 0.2) is 72.8 Å². The summed E-state index contributed by atoms with van der Waals surface area (Å²) in [5.41, 5.74) is 5.42. The molecule has 0 radical (unpaired) electrons. The third-order valence-electron chi connectivity index (χ3n) is 5.52. The molecular formula is C29H28ClN3O3. The zero-order chi connectivity index (χ0) is 25.8. The number of carbonyl (C=O) groups is 2. The summed E-state index contributed by atoms with van der Waals surface area (Å²) in [6.45, 7) is 7.63. The number of nitrogens with one attached hydrogen (secondary N) is 1. The van der Waals surface area contributed by atoms with Gasteiger partial charge in [0.1, 0.15) is 0 Å². The summed E-state index contributed by atoms with van der Waals surface area (Å²) in [5, 5.41) is 8.26. The Morgan fingerprint density at radius 3 is 2.39 bits per heavy atom. The Morgan fingerprint density at radius 2 is 1.75 bits per heavy atom. The van der Waals surface area contributed by atoms with Gasteiger partial charge in [-0.05, 0) is 72.9 Å². The lowest BCUT2D eigenvalue weighted by molar-refractivity contribution is -0.132.